The highest BCUT2D eigenvalue weighted by Crippen LogP contribution is 2.24. The van der Waals surface area contributed by atoms with E-state index < -0.39 is 10.8 Å². The molecule has 0 spiro atoms. The molecule has 5 nitrogen and oxygen atoms in total. The van der Waals surface area contributed by atoms with Gasteiger partial charge in [-0.2, -0.15) is 0 Å². The van der Waals surface area contributed by atoms with Crippen LogP contribution in [0.15, 0.2) is 0 Å². The normalized spacial score (nSPS) is 26.6. The lowest BCUT2D eigenvalue weighted by Crippen LogP contribution is -2.51. The summed E-state index contributed by atoms with van der Waals surface area (Å²) in [6, 6.07) is 0.590. The number of nitrogens with one attached hydrogen (secondary N) is 2. The molecule has 2 heterocycles. The molecule has 20 heavy (non-hydrogen) atoms. The zero-order chi connectivity index (χ0) is 14.4. The van der Waals surface area contributed by atoms with Crippen LogP contribution in [0.3, 0.4) is 0 Å². The van der Waals surface area contributed by atoms with Crippen molar-refractivity contribution in [1.82, 2.24) is 15.5 Å². The van der Waals surface area contributed by atoms with Crippen LogP contribution in [0.4, 0.5) is 0 Å². The largest absolute Gasteiger partial charge is 0.354 e. The first-order chi connectivity index (χ1) is 9.72. The molecule has 0 aromatic carbocycles. The minimum absolute atomic E-state index is 0.0353. The Balaban J connectivity index is 1.80. The molecule has 116 valence electrons. The maximum Gasteiger partial charge on any atom is 0.237 e. The minimum atomic E-state index is -0.795. The van der Waals surface area contributed by atoms with Crippen LogP contribution >= 0.6 is 0 Å². The first-order valence-corrected chi connectivity index (χ1v) is 9.30. The number of rotatable bonds is 6. The Morgan fingerprint density at radius 2 is 2.10 bits per heavy atom. The number of hydrogen-bond donors (Lipinski definition) is 2. The van der Waals surface area contributed by atoms with Crippen molar-refractivity contribution in [3.8, 4) is 0 Å². The van der Waals surface area contributed by atoms with Crippen LogP contribution in [-0.4, -0.2) is 64.8 Å². The van der Waals surface area contributed by atoms with E-state index in [2.05, 4.69) is 15.5 Å². The topological polar surface area (TPSA) is 61.4 Å². The Kier molecular flexibility index (Phi) is 6.45. The summed E-state index contributed by atoms with van der Waals surface area (Å²) in [7, 11) is -0.795. The van der Waals surface area contributed by atoms with Crippen LogP contribution in [0.1, 0.15) is 32.6 Å². The molecule has 2 N–H and O–H groups in total. The molecule has 2 unspecified atom stereocenters. The lowest BCUT2D eigenvalue weighted by molar-refractivity contribution is -0.126. The first kappa shape index (κ1) is 15.9. The molecule has 0 aromatic rings. The molecule has 2 fully saturated rings. The highest BCUT2D eigenvalue weighted by molar-refractivity contribution is 7.84. The summed E-state index contributed by atoms with van der Waals surface area (Å²) in [5, 5.41) is 6.34. The third-order valence-electron chi connectivity index (χ3n) is 4.33. The summed E-state index contributed by atoms with van der Waals surface area (Å²) in [6.45, 7) is 5.61. The summed E-state index contributed by atoms with van der Waals surface area (Å²) in [4.78, 5) is 14.7. The fraction of sp³-hybridized carbons (Fsp3) is 0.929. The predicted molar refractivity (Wildman–Crippen MR) is 82.2 cm³/mol. The van der Waals surface area contributed by atoms with Gasteiger partial charge in [-0.25, -0.2) is 0 Å². The van der Waals surface area contributed by atoms with Crippen LogP contribution < -0.4 is 10.6 Å². The average molecular weight is 301 g/mol. The van der Waals surface area contributed by atoms with E-state index in [0.717, 1.165) is 45.3 Å². The quantitative estimate of drug-likeness (QED) is 0.730. The van der Waals surface area contributed by atoms with E-state index in [1.165, 1.54) is 0 Å². The Morgan fingerprint density at radius 1 is 1.35 bits per heavy atom. The van der Waals surface area contributed by atoms with Crippen LogP contribution in [0.5, 0.6) is 0 Å². The zero-order valence-electron chi connectivity index (χ0n) is 12.4. The van der Waals surface area contributed by atoms with Gasteiger partial charge in [0.2, 0.25) is 5.91 Å². The molecule has 2 aliphatic rings. The SMILES string of the molecule is CCS(=O)CCNC(=O)C1CCCN1C1CCNCC1. The van der Waals surface area contributed by atoms with Gasteiger partial charge in [-0.05, 0) is 45.3 Å². The predicted octanol–water partition coefficient (Wildman–Crippen LogP) is 0.0876. The van der Waals surface area contributed by atoms with Gasteiger partial charge in [-0.3, -0.25) is 13.9 Å². The molecule has 0 saturated carbocycles. The Morgan fingerprint density at radius 3 is 2.80 bits per heavy atom. The molecule has 0 aliphatic carbocycles. The van der Waals surface area contributed by atoms with Crippen molar-refractivity contribution >= 4 is 16.7 Å². The molecule has 0 bridgehead atoms. The van der Waals surface area contributed by atoms with Gasteiger partial charge in [-0.1, -0.05) is 6.92 Å². The summed E-state index contributed by atoms with van der Waals surface area (Å²) in [5.41, 5.74) is 0. The third-order valence-corrected chi connectivity index (χ3v) is 5.63. The van der Waals surface area contributed by atoms with Gasteiger partial charge in [0.15, 0.2) is 0 Å². The van der Waals surface area contributed by atoms with Gasteiger partial charge in [-0.15, -0.1) is 0 Å². The molecule has 2 saturated heterocycles. The Labute approximate surface area is 124 Å². The van der Waals surface area contributed by atoms with Gasteiger partial charge in [0.25, 0.3) is 0 Å². The van der Waals surface area contributed by atoms with Crippen LogP contribution in [-0.2, 0) is 15.6 Å². The summed E-state index contributed by atoms with van der Waals surface area (Å²) < 4.78 is 11.4. The number of nitrogens with zero attached hydrogens (tertiary/aromatic N) is 1. The number of carbonyl (C=O) groups excluding carboxylic acids is 1. The lowest BCUT2D eigenvalue weighted by Gasteiger charge is -2.35. The molecule has 1 amide bonds. The van der Waals surface area contributed by atoms with Crippen molar-refractivity contribution in [1.29, 1.82) is 0 Å². The van der Waals surface area contributed by atoms with Crippen molar-refractivity contribution in [2.75, 3.05) is 37.7 Å². The second kappa shape index (κ2) is 8.10. The van der Waals surface area contributed by atoms with Crippen LogP contribution in [0.25, 0.3) is 0 Å². The highest BCUT2D eigenvalue weighted by Gasteiger charge is 2.35. The molecule has 0 aromatic heterocycles. The number of piperidine rings is 1. The van der Waals surface area contributed by atoms with Crippen LogP contribution in [0, 0.1) is 0 Å². The van der Waals surface area contributed by atoms with E-state index in [1.54, 1.807) is 0 Å². The highest BCUT2D eigenvalue weighted by atomic mass is 32.2. The van der Waals surface area contributed by atoms with Gasteiger partial charge in [0.05, 0.1) is 6.04 Å². The molecular weight excluding hydrogens is 274 g/mol. The van der Waals surface area contributed by atoms with Crippen molar-refractivity contribution in [3.63, 3.8) is 0 Å². The Hall–Kier alpha value is -0.460. The number of hydrogen-bond acceptors (Lipinski definition) is 4. The van der Waals surface area contributed by atoms with E-state index in [0.29, 0.717) is 24.1 Å². The fourth-order valence-corrected chi connectivity index (χ4v) is 3.81. The van der Waals surface area contributed by atoms with Crippen molar-refractivity contribution in [3.05, 3.63) is 0 Å². The molecule has 6 heteroatoms. The lowest BCUT2D eigenvalue weighted by atomic mass is 10.0. The molecule has 2 atom stereocenters. The Bertz CT molecular complexity index is 345. The zero-order valence-corrected chi connectivity index (χ0v) is 13.2. The summed E-state index contributed by atoms with van der Waals surface area (Å²) in [5.74, 6) is 1.37. The molecule has 2 rings (SSSR count). The van der Waals surface area contributed by atoms with Crippen molar-refractivity contribution < 1.29 is 9.00 Å². The van der Waals surface area contributed by atoms with E-state index >= 15 is 0 Å². The summed E-state index contributed by atoms with van der Waals surface area (Å²) >= 11 is 0. The second-order valence-electron chi connectivity index (χ2n) is 5.60. The van der Waals surface area contributed by atoms with Gasteiger partial charge in [0, 0.05) is 34.9 Å². The monoisotopic (exact) mass is 301 g/mol. The molecular formula is C14H27N3O2S. The van der Waals surface area contributed by atoms with Crippen LogP contribution in [0.2, 0.25) is 0 Å². The maximum atomic E-state index is 12.3. The molecule has 2 aliphatic heterocycles. The third kappa shape index (κ3) is 4.27. The van der Waals surface area contributed by atoms with E-state index in [-0.39, 0.29) is 11.9 Å². The van der Waals surface area contributed by atoms with Crippen molar-refractivity contribution in [2.45, 2.75) is 44.7 Å². The van der Waals surface area contributed by atoms with E-state index in [1.807, 2.05) is 6.92 Å². The van der Waals surface area contributed by atoms with Crippen molar-refractivity contribution in [2.24, 2.45) is 0 Å². The summed E-state index contributed by atoms with van der Waals surface area (Å²) in [6.07, 6.45) is 4.36. The smallest absolute Gasteiger partial charge is 0.237 e. The van der Waals surface area contributed by atoms with Gasteiger partial charge >= 0.3 is 0 Å². The van der Waals surface area contributed by atoms with Gasteiger partial charge < -0.3 is 10.6 Å². The molecule has 0 radical (unpaired) electrons. The fourth-order valence-electron chi connectivity index (χ4n) is 3.20. The second-order valence-corrected chi connectivity index (χ2v) is 7.47. The van der Waals surface area contributed by atoms with Gasteiger partial charge in [0.1, 0.15) is 0 Å². The maximum absolute atomic E-state index is 12.3. The van der Waals surface area contributed by atoms with E-state index in [9.17, 15) is 9.00 Å². The first-order valence-electron chi connectivity index (χ1n) is 7.81. The minimum Gasteiger partial charge on any atom is -0.354 e. The number of amides is 1. The standard InChI is InChI=1S/C14H27N3O2S/c1-2-20(19)11-9-16-14(18)13-4-3-10-17(13)12-5-7-15-8-6-12/h12-13,15H,2-11H2,1H3,(H,16,18). The number of carbonyl (C=O) groups is 1. The average Bonchev–Trinajstić information content (AvgIpc) is 2.97. The number of likely N-dealkylation sites (tertiary alicyclic amines) is 1. The van der Waals surface area contributed by atoms with E-state index in [4.69, 9.17) is 0 Å².